The topological polar surface area (TPSA) is 55.5 Å². The Balaban J connectivity index is 2.98. The molecule has 1 aromatic rings. The van der Waals surface area contributed by atoms with Crippen molar-refractivity contribution in [1.82, 2.24) is 0 Å². The number of aliphatic hydroxyl groups excluding tert-OH is 1. The summed E-state index contributed by atoms with van der Waals surface area (Å²) in [5, 5.41) is 10.4. The van der Waals surface area contributed by atoms with E-state index in [9.17, 15) is 5.11 Å². The highest BCUT2D eigenvalue weighted by Gasteiger charge is 2.18. The van der Waals surface area contributed by atoms with Crippen molar-refractivity contribution in [3.63, 3.8) is 0 Å². The summed E-state index contributed by atoms with van der Waals surface area (Å²) in [6.07, 6.45) is 1.06. The predicted octanol–water partition coefficient (Wildman–Crippen LogP) is 2.94. The van der Waals surface area contributed by atoms with Crippen LogP contribution < -0.4 is 10.5 Å². The van der Waals surface area contributed by atoms with Crippen molar-refractivity contribution in [1.29, 1.82) is 0 Å². The van der Waals surface area contributed by atoms with Crippen molar-refractivity contribution in [3.05, 3.63) is 28.8 Å². The number of rotatable bonds is 7. The van der Waals surface area contributed by atoms with Gasteiger partial charge in [0.15, 0.2) is 0 Å². The van der Waals surface area contributed by atoms with E-state index in [2.05, 4.69) is 6.92 Å². The molecule has 0 aliphatic carbocycles. The molecule has 0 saturated heterocycles. The molecule has 0 saturated carbocycles. The SMILES string of the molecule is CCOc1ccc(Cl)cc1C(CC)CC(O)CN. The minimum absolute atomic E-state index is 0.212. The van der Waals surface area contributed by atoms with Gasteiger partial charge in [0.1, 0.15) is 5.75 Å². The molecule has 0 aromatic heterocycles. The van der Waals surface area contributed by atoms with Gasteiger partial charge in [0.05, 0.1) is 12.7 Å². The molecule has 0 fully saturated rings. The van der Waals surface area contributed by atoms with Crippen LogP contribution in [0.25, 0.3) is 0 Å². The van der Waals surface area contributed by atoms with Crippen LogP contribution in [-0.4, -0.2) is 24.4 Å². The van der Waals surface area contributed by atoms with Crippen LogP contribution >= 0.6 is 11.6 Å². The summed E-state index contributed by atoms with van der Waals surface area (Å²) in [7, 11) is 0. The molecular weight excluding hydrogens is 250 g/mol. The van der Waals surface area contributed by atoms with Crippen LogP contribution in [0.1, 0.15) is 38.2 Å². The highest BCUT2D eigenvalue weighted by molar-refractivity contribution is 6.30. The van der Waals surface area contributed by atoms with Gasteiger partial charge >= 0.3 is 0 Å². The zero-order chi connectivity index (χ0) is 13.5. The maximum atomic E-state index is 9.71. The van der Waals surface area contributed by atoms with Crippen LogP contribution in [-0.2, 0) is 0 Å². The van der Waals surface area contributed by atoms with E-state index in [4.69, 9.17) is 22.1 Å². The molecule has 2 atom stereocenters. The zero-order valence-electron chi connectivity index (χ0n) is 11.0. The van der Waals surface area contributed by atoms with Crippen molar-refractivity contribution in [3.8, 4) is 5.75 Å². The molecule has 3 N–H and O–H groups in total. The maximum Gasteiger partial charge on any atom is 0.122 e. The first-order valence-corrected chi connectivity index (χ1v) is 6.80. The zero-order valence-corrected chi connectivity index (χ0v) is 11.8. The van der Waals surface area contributed by atoms with E-state index in [1.54, 1.807) is 0 Å². The number of halogens is 1. The second-order valence-corrected chi connectivity index (χ2v) is 4.78. The van der Waals surface area contributed by atoms with Crippen LogP contribution in [0.15, 0.2) is 18.2 Å². The number of hydrogen-bond donors (Lipinski definition) is 2. The summed E-state index contributed by atoms with van der Waals surface area (Å²) >= 11 is 6.05. The lowest BCUT2D eigenvalue weighted by molar-refractivity contribution is 0.161. The molecule has 1 rings (SSSR count). The highest BCUT2D eigenvalue weighted by atomic mass is 35.5. The van der Waals surface area contributed by atoms with Crippen LogP contribution in [0.4, 0.5) is 0 Å². The Morgan fingerprint density at radius 3 is 2.67 bits per heavy atom. The van der Waals surface area contributed by atoms with Crippen LogP contribution in [0.3, 0.4) is 0 Å². The van der Waals surface area contributed by atoms with Gasteiger partial charge in [0.2, 0.25) is 0 Å². The van der Waals surface area contributed by atoms with Crippen molar-refractivity contribution in [2.24, 2.45) is 5.73 Å². The summed E-state index contributed by atoms with van der Waals surface area (Å²) in [6.45, 7) is 4.93. The second-order valence-electron chi connectivity index (χ2n) is 4.35. The summed E-state index contributed by atoms with van der Waals surface area (Å²) < 4.78 is 5.62. The Bertz CT molecular complexity index is 371. The van der Waals surface area contributed by atoms with E-state index in [0.717, 1.165) is 17.7 Å². The average molecular weight is 272 g/mol. The average Bonchev–Trinajstić information content (AvgIpc) is 2.38. The normalized spacial score (nSPS) is 14.3. The lowest BCUT2D eigenvalue weighted by atomic mass is 9.90. The van der Waals surface area contributed by atoms with E-state index in [0.29, 0.717) is 18.1 Å². The van der Waals surface area contributed by atoms with Crippen molar-refractivity contribution < 1.29 is 9.84 Å². The summed E-state index contributed by atoms with van der Waals surface area (Å²) in [6, 6.07) is 5.63. The molecule has 0 aliphatic heterocycles. The Hall–Kier alpha value is -0.770. The van der Waals surface area contributed by atoms with Crippen LogP contribution in [0.2, 0.25) is 5.02 Å². The fourth-order valence-corrected chi connectivity index (χ4v) is 2.24. The number of aliphatic hydroxyl groups is 1. The molecule has 3 nitrogen and oxygen atoms in total. The third-order valence-electron chi connectivity index (χ3n) is 3.03. The second kappa shape index (κ2) is 7.62. The molecule has 102 valence electrons. The van der Waals surface area contributed by atoms with Crippen molar-refractivity contribution >= 4 is 11.6 Å². The molecule has 0 aliphatic rings. The van der Waals surface area contributed by atoms with Gasteiger partial charge in [-0.15, -0.1) is 0 Å². The quantitative estimate of drug-likeness (QED) is 0.802. The largest absolute Gasteiger partial charge is 0.494 e. The van der Waals surface area contributed by atoms with Gasteiger partial charge in [0, 0.05) is 11.6 Å². The Kier molecular flexibility index (Phi) is 6.47. The van der Waals surface area contributed by atoms with Gasteiger partial charge in [-0.2, -0.15) is 0 Å². The third kappa shape index (κ3) is 4.16. The molecule has 0 spiro atoms. The lowest BCUT2D eigenvalue weighted by Gasteiger charge is -2.21. The molecule has 0 bridgehead atoms. The fraction of sp³-hybridized carbons (Fsp3) is 0.571. The van der Waals surface area contributed by atoms with Crippen molar-refractivity contribution in [2.75, 3.05) is 13.2 Å². The first-order valence-electron chi connectivity index (χ1n) is 6.42. The van der Waals surface area contributed by atoms with E-state index in [-0.39, 0.29) is 12.5 Å². The maximum absolute atomic E-state index is 9.71. The number of ether oxygens (including phenoxy) is 1. The molecule has 0 heterocycles. The Labute approximate surface area is 114 Å². The van der Waals surface area contributed by atoms with Gasteiger partial charge in [-0.25, -0.2) is 0 Å². The van der Waals surface area contributed by atoms with Gasteiger partial charge in [0.25, 0.3) is 0 Å². The smallest absolute Gasteiger partial charge is 0.122 e. The third-order valence-corrected chi connectivity index (χ3v) is 3.27. The highest BCUT2D eigenvalue weighted by Crippen LogP contribution is 2.34. The predicted molar refractivity (Wildman–Crippen MR) is 75.3 cm³/mol. The van der Waals surface area contributed by atoms with Gasteiger partial charge < -0.3 is 15.6 Å². The first-order chi connectivity index (χ1) is 8.62. The van der Waals surface area contributed by atoms with E-state index >= 15 is 0 Å². The van der Waals surface area contributed by atoms with Gasteiger partial charge in [-0.3, -0.25) is 0 Å². The minimum atomic E-state index is -0.483. The van der Waals surface area contributed by atoms with Crippen LogP contribution in [0, 0.1) is 0 Å². The molecule has 4 heteroatoms. The van der Waals surface area contributed by atoms with Gasteiger partial charge in [-0.05, 0) is 49.4 Å². The Morgan fingerprint density at radius 2 is 2.11 bits per heavy atom. The summed E-state index contributed by atoms with van der Waals surface area (Å²) in [5.74, 6) is 1.06. The minimum Gasteiger partial charge on any atom is -0.494 e. The summed E-state index contributed by atoms with van der Waals surface area (Å²) in [4.78, 5) is 0. The lowest BCUT2D eigenvalue weighted by Crippen LogP contribution is -2.22. The number of benzene rings is 1. The molecule has 2 unspecified atom stereocenters. The fourth-order valence-electron chi connectivity index (χ4n) is 2.06. The van der Waals surface area contributed by atoms with E-state index < -0.39 is 6.10 Å². The Morgan fingerprint density at radius 1 is 1.39 bits per heavy atom. The van der Waals surface area contributed by atoms with Crippen molar-refractivity contribution in [2.45, 2.75) is 38.7 Å². The number of hydrogen-bond acceptors (Lipinski definition) is 3. The number of nitrogens with two attached hydrogens (primary N) is 1. The molecule has 0 radical (unpaired) electrons. The molecule has 0 amide bonds. The van der Waals surface area contributed by atoms with Crippen LogP contribution in [0.5, 0.6) is 5.75 Å². The monoisotopic (exact) mass is 271 g/mol. The molecule has 1 aromatic carbocycles. The van der Waals surface area contributed by atoms with E-state index in [1.165, 1.54) is 0 Å². The van der Waals surface area contributed by atoms with E-state index in [1.807, 2.05) is 25.1 Å². The molecular formula is C14H22ClNO2. The van der Waals surface area contributed by atoms with Gasteiger partial charge in [-0.1, -0.05) is 18.5 Å². The summed E-state index contributed by atoms with van der Waals surface area (Å²) in [5.41, 5.74) is 6.53. The molecule has 18 heavy (non-hydrogen) atoms. The standard InChI is InChI=1S/C14H22ClNO2/c1-3-10(7-12(17)9-16)13-8-11(15)5-6-14(13)18-4-2/h5-6,8,10,12,17H,3-4,7,9,16H2,1-2H3. The first kappa shape index (κ1) is 15.3.